The Morgan fingerprint density at radius 2 is 2.36 bits per heavy atom. The molecule has 1 atom stereocenters. The van der Waals surface area contributed by atoms with Gasteiger partial charge in [0, 0.05) is 6.42 Å². The van der Waals surface area contributed by atoms with E-state index in [-0.39, 0.29) is 5.92 Å². The maximum absolute atomic E-state index is 10.9. The van der Waals surface area contributed by atoms with Crippen LogP contribution in [0.15, 0.2) is 21.2 Å². The Kier molecular flexibility index (Phi) is 2.63. The quantitative estimate of drug-likeness (QED) is 0.904. The summed E-state index contributed by atoms with van der Waals surface area (Å²) < 4.78 is 5.96. The van der Waals surface area contributed by atoms with Gasteiger partial charge in [0.05, 0.1) is 5.92 Å². The number of carboxylic acids is 1. The molecule has 1 aromatic rings. The number of furan rings is 1. The zero-order valence-electron chi connectivity index (χ0n) is 7.57. The van der Waals surface area contributed by atoms with Crippen molar-refractivity contribution >= 4 is 21.9 Å². The summed E-state index contributed by atoms with van der Waals surface area (Å²) in [7, 11) is 0. The molecule has 1 N–H and O–H groups in total. The van der Waals surface area contributed by atoms with Crippen LogP contribution in [0, 0.1) is 11.8 Å². The molecule has 1 aliphatic carbocycles. The Bertz CT molecular complexity index is 341. The van der Waals surface area contributed by atoms with Gasteiger partial charge in [-0.3, -0.25) is 4.79 Å². The Hall–Kier alpha value is -0.770. The van der Waals surface area contributed by atoms with Gasteiger partial charge >= 0.3 is 5.97 Å². The molecule has 0 amide bonds. The molecular weight excluding hydrogens is 248 g/mol. The van der Waals surface area contributed by atoms with E-state index in [9.17, 15) is 4.79 Å². The van der Waals surface area contributed by atoms with Crippen LogP contribution in [0.2, 0.25) is 0 Å². The molecule has 0 spiro atoms. The molecule has 76 valence electrons. The van der Waals surface area contributed by atoms with Gasteiger partial charge in [0.25, 0.3) is 0 Å². The van der Waals surface area contributed by atoms with Gasteiger partial charge < -0.3 is 9.52 Å². The largest absolute Gasteiger partial charge is 0.481 e. The number of hydrogen-bond acceptors (Lipinski definition) is 2. The summed E-state index contributed by atoms with van der Waals surface area (Å²) in [5, 5.41) is 9.00. The highest BCUT2D eigenvalue weighted by molar-refractivity contribution is 9.10. The first-order valence-electron chi connectivity index (χ1n) is 4.64. The normalized spacial score (nSPS) is 18.1. The highest BCUT2D eigenvalue weighted by atomic mass is 79.9. The fourth-order valence-corrected chi connectivity index (χ4v) is 1.97. The first-order valence-corrected chi connectivity index (χ1v) is 5.43. The summed E-state index contributed by atoms with van der Waals surface area (Å²) in [6, 6.07) is 3.61. The summed E-state index contributed by atoms with van der Waals surface area (Å²) in [4.78, 5) is 10.9. The molecule has 2 rings (SSSR count). The van der Waals surface area contributed by atoms with E-state index in [1.807, 2.05) is 6.07 Å². The summed E-state index contributed by atoms with van der Waals surface area (Å²) >= 11 is 3.20. The van der Waals surface area contributed by atoms with Crippen molar-refractivity contribution in [2.45, 2.75) is 19.3 Å². The zero-order valence-corrected chi connectivity index (χ0v) is 9.16. The van der Waals surface area contributed by atoms with Gasteiger partial charge in [-0.1, -0.05) is 0 Å². The van der Waals surface area contributed by atoms with Crippen molar-refractivity contribution in [2.24, 2.45) is 11.8 Å². The summed E-state index contributed by atoms with van der Waals surface area (Å²) in [5.74, 6) is 0.126. The lowest BCUT2D eigenvalue weighted by atomic mass is 9.99. The van der Waals surface area contributed by atoms with E-state index in [2.05, 4.69) is 15.9 Å². The molecule has 0 bridgehead atoms. The van der Waals surface area contributed by atoms with Gasteiger partial charge in [-0.15, -0.1) is 0 Å². The standard InChI is InChI=1S/C10H11BrO3/c11-9-4-3-7(14-9)5-8(10(12)13)6-1-2-6/h3-4,6,8H,1-2,5H2,(H,12,13). The molecule has 1 fully saturated rings. The predicted octanol–water partition coefficient (Wildman–Crippen LogP) is 2.70. The molecule has 0 radical (unpaired) electrons. The third-order valence-corrected chi connectivity index (χ3v) is 2.98. The number of carbonyl (C=O) groups is 1. The molecule has 1 saturated carbocycles. The fraction of sp³-hybridized carbons (Fsp3) is 0.500. The second-order valence-corrected chi connectivity index (χ2v) is 4.47. The molecule has 1 aliphatic rings. The summed E-state index contributed by atoms with van der Waals surface area (Å²) in [6.07, 6.45) is 2.59. The van der Waals surface area contributed by atoms with Crippen LogP contribution in [0.3, 0.4) is 0 Å². The van der Waals surface area contributed by atoms with Crippen LogP contribution < -0.4 is 0 Å². The fourth-order valence-electron chi connectivity index (χ4n) is 1.63. The molecule has 1 heterocycles. The average molecular weight is 259 g/mol. The van der Waals surface area contributed by atoms with E-state index >= 15 is 0 Å². The molecular formula is C10H11BrO3. The molecule has 3 nitrogen and oxygen atoms in total. The Labute approximate surface area is 90.2 Å². The van der Waals surface area contributed by atoms with E-state index in [1.165, 1.54) is 0 Å². The Balaban J connectivity index is 2.03. The maximum Gasteiger partial charge on any atom is 0.307 e. The van der Waals surface area contributed by atoms with Crippen LogP contribution in [0.25, 0.3) is 0 Å². The molecule has 1 unspecified atom stereocenters. The van der Waals surface area contributed by atoms with Crippen molar-refractivity contribution in [2.75, 3.05) is 0 Å². The van der Waals surface area contributed by atoms with Gasteiger partial charge in [-0.05, 0) is 46.8 Å². The minimum absolute atomic E-state index is 0.270. The Morgan fingerprint density at radius 3 is 2.79 bits per heavy atom. The predicted molar refractivity (Wildman–Crippen MR) is 54.0 cm³/mol. The summed E-state index contributed by atoms with van der Waals surface area (Å²) in [5.41, 5.74) is 0. The van der Waals surface area contributed by atoms with Gasteiger partial charge in [0.1, 0.15) is 5.76 Å². The lowest BCUT2D eigenvalue weighted by molar-refractivity contribution is -0.142. The van der Waals surface area contributed by atoms with Crippen LogP contribution in [-0.4, -0.2) is 11.1 Å². The van der Waals surface area contributed by atoms with Crippen LogP contribution >= 0.6 is 15.9 Å². The minimum atomic E-state index is -0.708. The van der Waals surface area contributed by atoms with Crippen LogP contribution in [-0.2, 0) is 11.2 Å². The van der Waals surface area contributed by atoms with Crippen molar-refractivity contribution in [1.29, 1.82) is 0 Å². The highest BCUT2D eigenvalue weighted by Gasteiger charge is 2.36. The lowest BCUT2D eigenvalue weighted by Crippen LogP contribution is -2.18. The number of halogens is 1. The van der Waals surface area contributed by atoms with E-state index < -0.39 is 5.97 Å². The molecule has 14 heavy (non-hydrogen) atoms. The van der Waals surface area contributed by atoms with Crippen LogP contribution in [0.5, 0.6) is 0 Å². The number of rotatable bonds is 4. The third kappa shape index (κ3) is 2.18. The number of aliphatic carboxylic acids is 1. The van der Waals surface area contributed by atoms with Crippen molar-refractivity contribution in [1.82, 2.24) is 0 Å². The summed E-state index contributed by atoms with van der Waals surface area (Å²) in [6.45, 7) is 0. The van der Waals surface area contributed by atoms with E-state index in [1.54, 1.807) is 6.07 Å². The lowest BCUT2D eigenvalue weighted by Gasteiger charge is -2.08. The van der Waals surface area contributed by atoms with E-state index in [0.717, 1.165) is 18.6 Å². The third-order valence-electron chi connectivity index (χ3n) is 2.56. The molecule has 1 aromatic heterocycles. The van der Waals surface area contributed by atoms with Gasteiger partial charge in [0.2, 0.25) is 0 Å². The first-order chi connectivity index (χ1) is 6.66. The van der Waals surface area contributed by atoms with Gasteiger partial charge in [-0.2, -0.15) is 0 Å². The van der Waals surface area contributed by atoms with E-state index in [4.69, 9.17) is 9.52 Å². The molecule has 0 aromatic carbocycles. The molecule has 4 heteroatoms. The second-order valence-electron chi connectivity index (χ2n) is 3.69. The average Bonchev–Trinajstić information content (AvgIpc) is 2.86. The van der Waals surface area contributed by atoms with Crippen LogP contribution in [0.1, 0.15) is 18.6 Å². The van der Waals surface area contributed by atoms with Crippen molar-refractivity contribution in [3.63, 3.8) is 0 Å². The minimum Gasteiger partial charge on any atom is -0.481 e. The SMILES string of the molecule is O=C(O)C(Cc1ccc(Br)o1)C1CC1. The Morgan fingerprint density at radius 1 is 1.64 bits per heavy atom. The smallest absolute Gasteiger partial charge is 0.307 e. The number of carboxylic acid groups (broad SMARTS) is 1. The molecule has 0 aliphatic heterocycles. The maximum atomic E-state index is 10.9. The first kappa shape index (κ1) is 9.77. The highest BCUT2D eigenvalue weighted by Crippen LogP contribution is 2.38. The van der Waals surface area contributed by atoms with Crippen LogP contribution in [0.4, 0.5) is 0 Å². The van der Waals surface area contributed by atoms with Crippen molar-refractivity contribution < 1.29 is 14.3 Å². The van der Waals surface area contributed by atoms with Gasteiger partial charge in [0.15, 0.2) is 4.67 Å². The topological polar surface area (TPSA) is 50.4 Å². The van der Waals surface area contributed by atoms with Crippen molar-refractivity contribution in [3.8, 4) is 0 Å². The monoisotopic (exact) mass is 258 g/mol. The zero-order chi connectivity index (χ0) is 10.1. The molecule has 0 saturated heterocycles. The second kappa shape index (κ2) is 3.77. The van der Waals surface area contributed by atoms with Gasteiger partial charge in [-0.25, -0.2) is 0 Å². The van der Waals surface area contributed by atoms with E-state index in [0.29, 0.717) is 17.0 Å². The van der Waals surface area contributed by atoms with Crippen molar-refractivity contribution in [3.05, 3.63) is 22.6 Å². The number of hydrogen-bond donors (Lipinski definition) is 1.